The number of benzene rings is 2. The molecule has 0 aliphatic rings. The third kappa shape index (κ3) is 16.9. The summed E-state index contributed by atoms with van der Waals surface area (Å²) < 4.78 is 28.3. The summed E-state index contributed by atoms with van der Waals surface area (Å²) in [5.41, 5.74) is 11.5. The van der Waals surface area contributed by atoms with E-state index in [4.69, 9.17) is 23.1 Å². The molecule has 2 rings (SSSR count). The van der Waals surface area contributed by atoms with E-state index in [2.05, 4.69) is 26.0 Å². The molecule has 6 amide bonds. The Morgan fingerprint density at radius 2 is 1.47 bits per heavy atom. The third-order valence-electron chi connectivity index (χ3n) is 9.58. The van der Waals surface area contributed by atoms with Gasteiger partial charge in [-0.2, -0.15) is 4.72 Å². The van der Waals surface area contributed by atoms with Crippen LogP contribution in [0.2, 0.25) is 5.02 Å². The SMILES string of the molecule is CC[C@H](C)[C@@H](C(=O)NCCCCC(N)=O)N(C)C(=O)[C@H](CC(C)C)NC(=O)[C@H](CCN)NC(=O)CC[C@@H](NS(=O)(=O)c1ccc(NC(=O)c2ccc(Cl)cc2)cc1)C(=O)O. The Morgan fingerprint density at radius 3 is 2.02 bits per heavy atom. The first-order valence-corrected chi connectivity index (χ1v) is 21.6. The number of nitrogens with zero attached hydrogens (tertiary/aromatic N) is 1. The van der Waals surface area contributed by atoms with Gasteiger partial charge in [0.25, 0.3) is 5.91 Å². The average Bonchev–Trinajstić information content (AvgIpc) is 3.18. The van der Waals surface area contributed by atoms with Crippen LogP contribution in [0.15, 0.2) is 53.4 Å². The number of anilines is 1. The number of aliphatic carboxylic acids is 1. The monoisotopic (exact) mass is 878 g/mol. The van der Waals surface area contributed by atoms with Crippen LogP contribution in [0.1, 0.15) is 89.4 Å². The van der Waals surface area contributed by atoms with Crippen LogP contribution in [-0.2, 0) is 38.8 Å². The minimum atomic E-state index is -4.41. The number of sulfonamides is 1. The Morgan fingerprint density at radius 1 is 0.833 bits per heavy atom. The van der Waals surface area contributed by atoms with E-state index >= 15 is 0 Å². The van der Waals surface area contributed by atoms with Crippen molar-refractivity contribution < 1.29 is 47.1 Å². The van der Waals surface area contributed by atoms with Gasteiger partial charge in [-0.05, 0) is 99.0 Å². The number of amides is 6. The second-order valence-electron chi connectivity index (χ2n) is 14.9. The molecule has 0 saturated heterocycles. The van der Waals surface area contributed by atoms with Crippen LogP contribution in [0, 0.1) is 11.8 Å². The topological polar surface area (TPSA) is 289 Å². The number of nitrogens with two attached hydrogens (primary N) is 2. The molecular formula is C40H59ClN8O10S. The molecule has 0 saturated carbocycles. The van der Waals surface area contributed by atoms with Gasteiger partial charge in [-0.25, -0.2) is 8.42 Å². The van der Waals surface area contributed by atoms with Crippen LogP contribution in [0.5, 0.6) is 0 Å². The molecule has 60 heavy (non-hydrogen) atoms. The van der Waals surface area contributed by atoms with Crippen molar-refractivity contribution >= 4 is 68.7 Å². The van der Waals surface area contributed by atoms with Gasteiger partial charge in [0.15, 0.2) is 0 Å². The van der Waals surface area contributed by atoms with Gasteiger partial charge in [0.05, 0.1) is 4.90 Å². The van der Waals surface area contributed by atoms with Crippen molar-refractivity contribution in [3.05, 3.63) is 59.1 Å². The highest BCUT2D eigenvalue weighted by Crippen LogP contribution is 2.19. The molecule has 0 aliphatic carbocycles. The Bertz CT molecular complexity index is 1900. The van der Waals surface area contributed by atoms with Crippen molar-refractivity contribution in [2.24, 2.45) is 23.3 Å². The minimum absolute atomic E-state index is 0.0437. The second kappa shape index (κ2) is 24.8. The number of carbonyl (C=O) groups is 7. The number of hydrogen-bond donors (Lipinski definition) is 8. The molecule has 0 heterocycles. The zero-order valence-corrected chi connectivity index (χ0v) is 36.2. The van der Waals surface area contributed by atoms with Gasteiger partial charge < -0.3 is 42.7 Å². The molecule has 2 aromatic carbocycles. The number of carbonyl (C=O) groups excluding carboxylic acids is 6. The standard InChI is InChI=1S/C40H59ClN8O10S/c1-6-25(4)35(38(54)44-22-8-7-9-33(43)50)49(5)39(55)32(23-24(2)3)47-37(53)30(20-21-42)46-34(51)19-18-31(40(56)57)48-60(58,59)29-16-14-28(15-17-29)45-36(52)26-10-12-27(41)13-11-26/h10-17,24-25,30-32,35,48H,6-9,18-23,42H2,1-5H3,(H2,43,50)(H,44,54)(H,45,52)(H,46,51)(H,47,53)(H,56,57)/t25-,30-,31+,32-,35-/m0/s1. The van der Waals surface area contributed by atoms with E-state index in [1.54, 1.807) is 12.1 Å². The average molecular weight is 879 g/mol. The summed E-state index contributed by atoms with van der Waals surface area (Å²) in [6.45, 7) is 7.64. The van der Waals surface area contributed by atoms with Crippen LogP contribution >= 0.6 is 11.6 Å². The predicted octanol–water partition coefficient (Wildman–Crippen LogP) is 2.11. The lowest BCUT2D eigenvalue weighted by Gasteiger charge is -2.35. The Kier molecular flexibility index (Phi) is 21.1. The van der Waals surface area contributed by atoms with Gasteiger partial charge in [0.2, 0.25) is 39.6 Å². The predicted molar refractivity (Wildman–Crippen MR) is 226 cm³/mol. The maximum atomic E-state index is 13.9. The number of unbranched alkanes of at least 4 members (excludes halogenated alkanes) is 1. The van der Waals surface area contributed by atoms with E-state index in [9.17, 15) is 47.1 Å². The van der Waals surface area contributed by atoms with Crippen molar-refractivity contribution in [3.63, 3.8) is 0 Å². The highest BCUT2D eigenvalue weighted by molar-refractivity contribution is 7.89. The molecule has 0 spiro atoms. The summed E-state index contributed by atoms with van der Waals surface area (Å²) in [5.74, 6) is -5.23. The van der Waals surface area contributed by atoms with Gasteiger partial charge >= 0.3 is 5.97 Å². The third-order valence-corrected chi connectivity index (χ3v) is 11.3. The molecule has 10 N–H and O–H groups in total. The molecule has 20 heteroatoms. The van der Waals surface area contributed by atoms with Crippen LogP contribution in [0.3, 0.4) is 0 Å². The molecule has 0 radical (unpaired) electrons. The fourth-order valence-corrected chi connectivity index (χ4v) is 7.46. The fourth-order valence-electron chi connectivity index (χ4n) is 6.12. The first kappa shape index (κ1) is 51.0. The van der Waals surface area contributed by atoms with E-state index in [1.807, 2.05) is 27.7 Å². The number of hydrogen-bond acceptors (Lipinski definition) is 10. The molecule has 0 fully saturated rings. The Labute approximate surface area is 356 Å². The summed E-state index contributed by atoms with van der Waals surface area (Å²) in [4.78, 5) is 90.6. The first-order valence-electron chi connectivity index (χ1n) is 19.7. The number of carboxylic acid groups (broad SMARTS) is 1. The number of carboxylic acids is 1. The molecule has 0 aliphatic heterocycles. The number of nitrogens with one attached hydrogen (secondary N) is 5. The lowest BCUT2D eigenvalue weighted by atomic mass is 9.95. The zero-order chi connectivity index (χ0) is 45.2. The van der Waals surface area contributed by atoms with Crippen molar-refractivity contribution in [1.82, 2.24) is 25.6 Å². The van der Waals surface area contributed by atoms with Crippen LogP contribution in [0.4, 0.5) is 5.69 Å². The van der Waals surface area contributed by atoms with E-state index in [0.29, 0.717) is 29.8 Å². The number of rotatable bonds is 26. The van der Waals surface area contributed by atoms with Crippen molar-refractivity contribution in [1.29, 1.82) is 0 Å². The van der Waals surface area contributed by atoms with E-state index in [-0.39, 0.29) is 54.8 Å². The largest absolute Gasteiger partial charge is 0.480 e. The number of likely N-dealkylation sites (N-methyl/N-ethyl adjacent to an activating group) is 1. The van der Waals surface area contributed by atoms with Crippen molar-refractivity contribution in [3.8, 4) is 0 Å². The van der Waals surface area contributed by atoms with Gasteiger partial charge in [-0.3, -0.25) is 33.6 Å². The number of halogens is 1. The molecule has 2 aromatic rings. The molecule has 332 valence electrons. The smallest absolute Gasteiger partial charge is 0.321 e. The Balaban J connectivity index is 2.10. The summed E-state index contributed by atoms with van der Waals surface area (Å²) in [7, 11) is -2.93. The summed E-state index contributed by atoms with van der Waals surface area (Å²) in [6, 6.07) is 6.18. The zero-order valence-electron chi connectivity index (χ0n) is 34.7. The minimum Gasteiger partial charge on any atom is -0.480 e. The van der Waals surface area contributed by atoms with Gasteiger partial charge in [0.1, 0.15) is 24.2 Å². The number of primary amides is 1. The van der Waals surface area contributed by atoms with Crippen LogP contribution < -0.4 is 37.5 Å². The lowest BCUT2D eigenvalue weighted by Crippen LogP contribution is -2.58. The highest BCUT2D eigenvalue weighted by Gasteiger charge is 2.36. The van der Waals surface area contributed by atoms with Crippen LogP contribution in [0.25, 0.3) is 0 Å². The van der Waals surface area contributed by atoms with Crippen LogP contribution in [-0.4, -0.2) is 104 Å². The first-order chi connectivity index (χ1) is 28.2. The van der Waals surface area contributed by atoms with Crippen molar-refractivity contribution in [2.75, 3.05) is 25.5 Å². The normalized spacial score (nSPS) is 13.9. The molecule has 5 atom stereocenters. The summed E-state index contributed by atoms with van der Waals surface area (Å²) >= 11 is 5.86. The maximum Gasteiger partial charge on any atom is 0.321 e. The molecule has 18 nitrogen and oxygen atoms in total. The molecule has 0 unspecified atom stereocenters. The molecule has 0 aromatic heterocycles. The second-order valence-corrected chi connectivity index (χ2v) is 17.1. The molecular weight excluding hydrogens is 820 g/mol. The Hall–Kier alpha value is -5.11. The van der Waals surface area contributed by atoms with Crippen molar-refractivity contribution in [2.45, 2.75) is 108 Å². The van der Waals surface area contributed by atoms with E-state index in [1.165, 1.54) is 48.3 Å². The summed E-state index contributed by atoms with van der Waals surface area (Å²) in [6.07, 6.45) is 0.906. The quantitative estimate of drug-likeness (QED) is 0.0634. The van der Waals surface area contributed by atoms with Gasteiger partial charge in [-0.1, -0.05) is 45.7 Å². The fraction of sp³-hybridized carbons (Fsp3) is 0.525. The van der Waals surface area contributed by atoms with Gasteiger partial charge in [-0.15, -0.1) is 0 Å². The van der Waals surface area contributed by atoms with Gasteiger partial charge in [0, 0.05) is 42.7 Å². The van der Waals surface area contributed by atoms with E-state index < -0.39 is 88.4 Å². The summed E-state index contributed by atoms with van der Waals surface area (Å²) in [5, 5.41) is 20.9. The van der Waals surface area contributed by atoms with E-state index in [0.717, 1.165) is 0 Å². The lowest BCUT2D eigenvalue weighted by molar-refractivity contribution is -0.144. The highest BCUT2D eigenvalue weighted by atomic mass is 35.5. The maximum absolute atomic E-state index is 13.9. The molecule has 0 bridgehead atoms.